The average molecular weight is 256 g/mol. The second kappa shape index (κ2) is 11.5. The number of carbonyl (C=O) groups excluding carboxylic acids is 1. The van der Waals surface area contributed by atoms with Gasteiger partial charge in [0, 0.05) is 19.5 Å². The molecule has 0 spiro atoms. The van der Waals surface area contributed by atoms with E-state index in [1.54, 1.807) is 0 Å². The zero-order chi connectivity index (χ0) is 13.8. The van der Waals surface area contributed by atoms with Crippen molar-refractivity contribution in [1.29, 1.82) is 0 Å². The Hall–Kier alpha value is -0.570. The molecule has 0 radical (unpaired) electrons. The summed E-state index contributed by atoms with van der Waals surface area (Å²) in [5, 5.41) is 0. The van der Waals surface area contributed by atoms with E-state index in [-0.39, 0.29) is 0 Å². The number of hydrogen-bond donors (Lipinski definition) is 1. The van der Waals surface area contributed by atoms with E-state index in [0.29, 0.717) is 18.2 Å². The molecule has 0 rings (SSSR count). The molecule has 0 unspecified atom stereocenters. The van der Waals surface area contributed by atoms with Gasteiger partial charge in [0.2, 0.25) is 5.91 Å². The molecule has 0 aromatic heterocycles. The number of amides is 1. The van der Waals surface area contributed by atoms with Crippen molar-refractivity contribution >= 4 is 5.91 Å². The van der Waals surface area contributed by atoms with Gasteiger partial charge in [0.1, 0.15) is 0 Å². The molecule has 0 saturated carbocycles. The molecule has 0 aliphatic rings. The molecular weight excluding hydrogens is 224 g/mol. The van der Waals surface area contributed by atoms with E-state index in [1.165, 1.54) is 0 Å². The van der Waals surface area contributed by atoms with Crippen molar-refractivity contribution in [3.05, 3.63) is 0 Å². The van der Waals surface area contributed by atoms with Crippen molar-refractivity contribution in [3.63, 3.8) is 0 Å². The number of rotatable bonds is 11. The number of nitrogens with zero attached hydrogens (tertiary/aromatic N) is 1. The van der Waals surface area contributed by atoms with Crippen LogP contribution in [0.4, 0.5) is 0 Å². The van der Waals surface area contributed by atoms with Gasteiger partial charge in [-0.2, -0.15) is 0 Å². The van der Waals surface area contributed by atoms with Crippen LogP contribution in [-0.4, -0.2) is 30.4 Å². The summed E-state index contributed by atoms with van der Waals surface area (Å²) in [6.07, 6.45) is 7.41. The molecule has 0 aromatic carbocycles. The van der Waals surface area contributed by atoms with Gasteiger partial charge >= 0.3 is 0 Å². The Kier molecular flexibility index (Phi) is 11.2. The molecule has 0 atom stereocenters. The highest BCUT2D eigenvalue weighted by atomic mass is 16.2. The zero-order valence-electron chi connectivity index (χ0n) is 12.6. The Bertz CT molecular complexity index is 203. The SMILES string of the molecule is CCC(CC)CN(CC)C(=O)CCCCCCN. The minimum Gasteiger partial charge on any atom is -0.343 e. The first-order valence-electron chi connectivity index (χ1n) is 7.67. The van der Waals surface area contributed by atoms with Gasteiger partial charge in [0.15, 0.2) is 0 Å². The molecule has 3 nitrogen and oxygen atoms in total. The summed E-state index contributed by atoms with van der Waals surface area (Å²) in [5.41, 5.74) is 5.45. The normalized spacial score (nSPS) is 10.9. The lowest BCUT2D eigenvalue weighted by Crippen LogP contribution is -2.34. The molecule has 0 aliphatic heterocycles. The van der Waals surface area contributed by atoms with Crippen molar-refractivity contribution in [3.8, 4) is 0 Å². The standard InChI is InChI=1S/C15H32N2O/c1-4-14(5-2)13-17(6-3)15(18)11-9-7-8-10-12-16/h14H,4-13,16H2,1-3H3. The summed E-state index contributed by atoms with van der Waals surface area (Å²) in [7, 11) is 0. The van der Waals surface area contributed by atoms with Gasteiger partial charge in [-0.25, -0.2) is 0 Å². The number of nitrogens with two attached hydrogens (primary N) is 1. The summed E-state index contributed by atoms with van der Waals surface area (Å²) in [6, 6.07) is 0. The first-order valence-corrected chi connectivity index (χ1v) is 7.67. The van der Waals surface area contributed by atoms with Crippen LogP contribution in [-0.2, 0) is 4.79 Å². The van der Waals surface area contributed by atoms with E-state index in [4.69, 9.17) is 5.73 Å². The van der Waals surface area contributed by atoms with Crippen LogP contribution in [0.2, 0.25) is 0 Å². The van der Waals surface area contributed by atoms with E-state index in [2.05, 4.69) is 20.8 Å². The van der Waals surface area contributed by atoms with Crippen LogP contribution >= 0.6 is 0 Å². The maximum Gasteiger partial charge on any atom is 0.222 e. The fraction of sp³-hybridized carbons (Fsp3) is 0.933. The molecule has 1 amide bonds. The second-order valence-corrected chi connectivity index (χ2v) is 5.07. The van der Waals surface area contributed by atoms with E-state index in [9.17, 15) is 4.79 Å². The third-order valence-electron chi connectivity index (χ3n) is 3.71. The molecule has 0 saturated heterocycles. The summed E-state index contributed by atoms with van der Waals surface area (Å²) < 4.78 is 0. The lowest BCUT2D eigenvalue weighted by Gasteiger charge is -2.25. The highest BCUT2D eigenvalue weighted by Crippen LogP contribution is 2.12. The zero-order valence-corrected chi connectivity index (χ0v) is 12.6. The van der Waals surface area contributed by atoms with E-state index in [1.807, 2.05) is 4.90 Å². The topological polar surface area (TPSA) is 46.3 Å². The number of unbranched alkanes of at least 4 members (excludes halogenated alkanes) is 3. The monoisotopic (exact) mass is 256 g/mol. The Morgan fingerprint density at radius 3 is 2.17 bits per heavy atom. The van der Waals surface area contributed by atoms with Gasteiger partial charge in [0.05, 0.1) is 0 Å². The van der Waals surface area contributed by atoms with Crippen LogP contribution in [0.25, 0.3) is 0 Å². The maximum absolute atomic E-state index is 12.1. The van der Waals surface area contributed by atoms with Gasteiger partial charge in [-0.15, -0.1) is 0 Å². The summed E-state index contributed by atoms with van der Waals surface area (Å²) in [6.45, 7) is 9.04. The predicted octanol–water partition coefficient (Wildman–Crippen LogP) is 3.18. The fourth-order valence-electron chi connectivity index (χ4n) is 2.20. The van der Waals surface area contributed by atoms with Crippen molar-refractivity contribution < 1.29 is 4.79 Å². The molecule has 2 N–H and O–H groups in total. The number of hydrogen-bond acceptors (Lipinski definition) is 2. The summed E-state index contributed by atoms with van der Waals surface area (Å²) in [5.74, 6) is 0.989. The van der Waals surface area contributed by atoms with Gasteiger partial charge < -0.3 is 10.6 Å². The Balaban J connectivity index is 3.88. The van der Waals surface area contributed by atoms with E-state index in [0.717, 1.165) is 58.2 Å². The quantitative estimate of drug-likeness (QED) is 0.577. The Morgan fingerprint density at radius 2 is 1.67 bits per heavy atom. The third kappa shape index (κ3) is 7.70. The fourth-order valence-corrected chi connectivity index (χ4v) is 2.20. The van der Waals surface area contributed by atoms with Crippen LogP contribution in [0.15, 0.2) is 0 Å². The number of carbonyl (C=O) groups is 1. The van der Waals surface area contributed by atoms with Gasteiger partial charge in [-0.05, 0) is 32.2 Å². The highest BCUT2D eigenvalue weighted by Gasteiger charge is 2.14. The second-order valence-electron chi connectivity index (χ2n) is 5.07. The molecule has 18 heavy (non-hydrogen) atoms. The molecule has 108 valence electrons. The van der Waals surface area contributed by atoms with Crippen LogP contribution in [0, 0.1) is 5.92 Å². The van der Waals surface area contributed by atoms with E-state index < -0.39 is 0 Å². The molecule has 0 heterocycles. The first kappa shape index (κ1) is 17.4. The lowest BCUT2D eigenvalue weighted by molar-refractivity contribution is -0.131. The van der Waals surface area contributed by atoms with Crippen molar-refractivity contribution in [1.82, 2.24) is 4.90 Å². The molecule has 0 aromatic rings. The largest absolute Gasteiger partial charge is 0.343 e. The van der Waals surface area contributed by atoms with Crippen molar-refractivity contribution in [2.75, 3.05) is 19.6 Å². The average Bonchev–Trinajstić information content (AvgIpc) is 2.40. The van der Waals surface area contributed by atoms with Crippen LogP contribution in [0.1, 0.15) is 65.7 Å². The van der Waals surface area contributed by atoms with Crippen molar-refractivity contribution in [2.24, 2.45) is 11.7 Å². The van der Waals surface area contributed by atoms with Gasteiger partial charge in [-0.3, -0.25) is 4.79 Å². The van der Waals surface area contributed by atoms with E-state index >= 15 is 0 Å². The summed E-state index contributed by atoms with van der Waals surface area (Å²) in [4.78, 5) is 14.1. The van der Waals surface area contributed by atoms with Crippen LogP contribution in [0.3, 0.4) is 0 Å². The molecule has 3 heteroatoms. The third-order valence-corrected chi connectivity index (χ3v) is 3.71. The minimum absolute atomic E-state index is 0.331. The molecule has 0 fully saturated rings. The van der Waals surface area contributed by atoms with Gasteiger partial charge in [-0.1, -0.05) is 39.5 Å². The summed E-state index contributed by atoms with van der Waals surface area (Å²) >= 11 is 0. The smallest absolute Gasteiger partial charge is 0.222 e. The maximum atomic E-state index is 12.1. The van der Waals surface area contributed by atoms with Crippen LogP contribution < -0.4 is 5.73 Å². The Morgan fingerprint density at radius 1 is 1.06 bits per heavy atom. The first-order chi connectivity index (χ1) is 8.69. The molecule has 0 bridgehead atoms. The Labute approximate surface area is 113 Å². The lowest BCUT2D eigenvalue weighted by atomic mass is 10.0. The molecule has 0 aliphatic carbocycles. The van der Waals surface area contributed by atoms with Crippen molar-refractivity contribution in [2.45, 2.75) is 65.7 Å². The molecular formula is C15H32N2O. The minimum atomic E-state index is 0.331. The highest BCUT2D eigenvalue weighted by molar-refractivity contribution is 5.76. The predicted molar refractivity (Wildman–Crippen MR) is 78.5 cm³/mol. The van der Waals surface area contributed by atoms with Crippen LogP contribution in [0.5, 0.6) is 0 Å². The van der Waals surface area contributed by atoms with Gasteiger partial charge in [0.25, 0.3) is 0 Å².